The minimum Gasteiger partial charge on any atom is -0.472 e. The van der Waals surface area contributed by atoms with Gasteiger partial charge in [0.1, 0.15) is 11.0 Å². The maximum absolute atomic E-state index is 12.3. The van der Waals surface area contributed by atoms with E-state index in [9.17, 15) is 8.42 Å². The van der Waals surface area contributed by atoms with Crippen LogP contribution in [0.15, 0.2) is 46.1 Å². The maximum Gasteiger partial charge on any atom is 0.192 e. The van der Waals surface area contributed by atoms with Gasteiger partial charge in [0.2, 0.25) is 0 Å². The Labute approximate surface area is 132 Å². The number of hydrogen-bond acceptors (Lipinski definition) is 4. The number of rotatable bonds is 4. The lowest BCUT2D eigenvalue weighted by molar-refractivity contribution is 0.567. The third-order valence-electron chi connectivity index (χ3n) is 2.65. The zero-order chi connectivity index (χ0) is 15.5. The van der Waals surface area contributed by atoms with Gasteiger partial charge in [0.25, 0.3) is 0 Å². The van der Waals surface area contributed by atoms with Gasteiger partial charge in [0.15, 0.2) is 9.84 Å². The van der Waals surface area contributed by atoms with E-state index in [-0.39, 0.29) is 15.7 Å². The van der Waals surface area contributed by atoms with Crippen molar-refractivity contribution in [2.45, 2.75) is 5.75 Å². The van der Waals surface area contributed by atoms with Crippen LogP contribution in [0, 0.1) is 11.3 Å². The number of hydrogen-bond donors (Lipinski definition) is 0. The Bertz CT molecular complexity index is 818. The van der Waals surface area contributed by atoms with Gasteiger partial charge < -0.3 is 4.42 Å². The molecule has 1 aromatic heterocycles. The molecular formula is C14H9Cl2NO3S. The summed E-state index contributed by atoms with van der Waals surface area (Å²) in [4.78, 5) is -0.352. The van der Waals surface area contributed by atoms with Crippen molar-refractivity contribution in [3.05, 3.63) is 62.9 Å². The van der Waals surface area contributed by atoms with Crippen molar-refractivity contribution in [2.24, 2.45) is 0 Å². The van der Waals surface area contributed by atoms with Gasteiger partial charge in [-0.2, -0.15) is 5.26 Å². The molecule has 0 saturated carbocycles. The highest BCUT2D eigenvalue weighted by molar-refractivity contribution is 7.95. The minimum absolute atomic E-state index is 0.242. The van der Waals surface area contributed by atoms with Gasteiger partial charge in [-0.3, -0.25) is 0 Å². The molecule has 21 heavy (non-hydrogen) atoms. The Hall–Kier alpha value is -1.74. The summed E-state index contributed by atoms with van der Waals surface area (Å²) in [5, 5.41) is 9.72. The summed E-state index contributed by atoms with van der Waals surface area (Å²) in [5.41, 5.74) is 0.881. The molecule has 0 spiro atoms. The molecule has 0 saturated heterocycles. The molecule has 0 N–H and O–H groups in total. The summed E-state index contributed by atoms with van der Waals surface area (Å²) < 4.78 is 29.4. The number of halogens is 2. The monoisotopic (exact) mass is 341 g/mol. The second-order valence-electron chi connectivity index (χ2n) is 4.17. The molecule has 0 atom stereocenters. The van der Waals surface area contributed by atoms with Crippen molar-refractivity contribution in [3.8, 4) is 6.07 Å². The van der Waals surface area contributed by atoms with E-state index >= 15 is 0 Å². The molecule has 2 rings (SSSR count). The van der Waals surface area contributed by atoms with Gasteiger partial charge in [0.05, 0.1) is 18.3 Å². The predicted molar refractivity (Wildman–Crippen MR) is 81.4 cm³/mol. The first kappa shape index (κ1) is 15.6. The molecule has 0 unspecified atom stereocenters. The molecule has 1 heterocycles. The molecule has 1 aromatic carbocycles. The van der Waals surface area contributed by atoms with E-state index in [0.717, 1.165) is 0 Å². The quantitative estimate of drug-likeness (QED) is 0.786. The summed E-state index contributed by atoms with van der Waals surface area (Å²) in [6.07, 6.45) is 3.99. The van der Waals surface area contributed by atoms with Crippen molar-refractivity contribution in [3.63, 3.8) is 0 Å². The Kier molecular flexibility index (Phi) is 4.73. The van der Waals surface area contributed by atoms with E-state index in [1.54, 1.807) is 18.2 Å². The largest absolute Gasteiger partial charge is 0.472 e. The lowest BCUT2D eigenvalue weighted by Crippen LogP contribution is -2.06. The minimum atomic E-state index is -3.81. The summed E-state index contributed by atoms with van der Waals surface area (Å²) in [7, 11) is -3.81. The summed E-state index contributed by atoms with van der Waals surface area (Å²) in [6, 6.07) is 7.78. The highest BCUT2D eigenvalue weighted by atomic mass is 35.5. The van der Waals surface area contributed by atoms with E-state index in [1.165, 1.54) is 30.7 Å². The van der Waals surface area contributed by atoms with E-state index in [4.69, 9.17) is 32.9 Å². The lowest BCUT2D eigenvalue weighted by atomic mass is 10.2. The fraction of sp³-hybridized carbons (Fsp3) is 0.0714. The molecule has 4 nitrogen and oxygen atoms in total. The van der Waals surface area contributed by atoms with Crippen molar-refractivity contribution in [1.82, 2.24) is 0 Å². The second kappa shape index (κ2) is 6.35. The normalized spacial score (nSPS) is 12.1. The number of allylic oxidation sites excluding steroid dienone is 1. The van der Waals surface area contributed by atoms with Crippen LogP contribution in [0.5, 0.6) is 0 Å². The second-order valence-corrected chi connectivity index (χ2v) is 6.97. The molecule has 108 valence electrons. The first-order chi connectivity index (χ1) is 9.92. The Balaban J connectivity index is 2.35. The molecule has 0 amide bonds. The zero-order valence-corrected chi connectivity index (χ0v) is 12.9. The fourth-order valence-electron chi connectivity index (χ4n) is 1.62. The van der Waals surface area contributed by atoms with Gasteiger partial charge in [-0.1, -0.05) is 29.3 Å². The predicted octanol–water partition coefficient (Wildman–Crippen LogP) is 4.07. The van der Waals surface area contributed by atoms with Crippen LogP contribution in [0.1, 0.15) is 11.1 Å². The lowest BCUT2D eigenvalue weighted by Gasteiger charge is -2.05. The van der Waals surface area contributed by atoms with Crippen LogP contribution in [-0.2, 0) is 15.6 Å². The number of sulfone groups is 1. The standard InChI is InChI=1S/C14H9Cl2NO3S/c15-12-2-1-11(14(16)6-12)9-21(18,19)13(7-17)5-10-3-4-20-8-10/h1-6,8H,9H2/b13-5-. The van der Waals surface area contributed by atoms with E-state index in [2.05, 4.69) is 0 Å². The van der Waals surface area contributed by atoms with Gasteiger partial charge in [0, 0.05) is 15.6 Å². The Morgan fingerprint density at radius 2 is 2.10 bits per heavy atom. The van der Waals surface area contributed by atoms with E-state index in [0.29, 0.717) is 16.1 Å². The topological polar surface area (TPSA) is 71.1 Å². The van der Waals surface area contributed by atoms with Crippen LogP contribution >= 0.6 is 23.2 Å². The summed E-state index contributed by atoms with van der Waals surface area (Å²) in [6.45, 7) is 0. The number of benzene rings is 1. The highest BCUT2D eigenvalue weighted by Gasteiger charge is 2.20. The Morgan fingerprint density at radius 3 is 2.67 bits per heavy atom. The number of nitriles is 1. The molecule has 0 aliphatic rings. The molecule has 0 radical (unpaired) electrons. The molecule has 0 aliphatic heterocycles. The molecule has 0 bridgehead atoms. The van der Waals surface area contributed by atoms with Crippen LogP contribution in [0.4, 0.5) is 0 Å². The Morgan fingerprint density at radius 1 is 1.33 bits per heavy atom. The third kappa shape index (κ3) is 3.88. The van der Waals surface area contributed by atoms with Crippen molar-refractivity contribution >= 4 is 39.1 Å². The third-order valence-corrected chi connectivity index (χ3v) is 4.80. The number of nitrogens with zero attached hydrogens (tertiary/aromatic N) is 1. The van der Waals surface area contributed by atoms with E-state index in [1.807, 2.05) is 0 Å². The van der Waals surface area contributed by atoms with Crippen LogP contribution in [0.3, 0.4) is 0 Å². The maximum atomic E-state index is 12.3. The highest BCUT2D eigenvalue weighted by Crippen LogP contribution is 2.25. The molecule has 0 aliphatic carbocycles. The average Bonchev–Trinajstić information content (AvgIpc) is 2.92. The molecular weight excluding hydrogens is 333 g/mol. The molecule has 2 aromatic rings. The average molecular weight is 342 g/mol. The van der Waals surface area contributed by atoms with Gasteiger partial charge >= 0.3 is 0 Å². The van der Waals surface area contributed by atoms with Gasteiger partial charge in [-0.25, -0.2) is 8.42 Å². The van der Waals surface area contributed by atoms with Gasteiger partial charge in [-0.05, 0) is 29.8 Å². The summed E-state index contributed by atoms with van der Waals surface area (Å²) in [5.74, 6) is -0.375. The SMILES string of the molecule is N#C/C(=C/c1ccoc1)S(=O)(=O)Cc1ccc(Cl)cc1Cl. The van der Waals surface area contributed by atoms with Crippen LogP contribution in [0.2, 0.25) is 10.0 Å². The fourth-order valence-corrected chi connectivity index (χ4v) is 3.45. The van der Waals surface area contributed by atoms with Crippen molar-refractivity contribution < 1.29 is 12.8 Å². The van der Waals surface area contributed by atoms with Gasteiger partial charge in [-0.15, -0.1) is 0 Å². The van der Waals surface area contributed by atoms with Crippen LogP contribution in [0.25, 0.3) is 6.08 Å². The first-order valence-corrected chi connectivity index (χ1v) is 8.14. The first-order valence-electron chi connectivity index (χ1n) is 5.73. The number of furan rings is 1. The van der Waals surface area contributed by atoms with Crippen LogP contribution < -0.4 is 0 Å². The van der Waals surface area contributed by atoms with Crippen LogP contribution in [-0.4, -0.2) is 8.42 Å². The molecule has 7 heteroatoms. The molecule has 0 fully saturated rings. The van der Waals surface area contributed by atoms with Crippen molar-refractivity contribution in [2.75, 3.05) is 0 Å². The zero-order valence-electron chi connectivity index (χ0n) is 10.6. The smallest absolute Gasteiger partial charge is 0.192 e. The summed E-state index contributed by atoms with van der Waals surface area (Å²) >= 11 is 11.7. The van der Waals surface area contributed by atoms with Crippen molar-refractivity contribution in [1.29, 1.82) is 5.26 Å². The van der Waals surface area contributed by atoms with E-state index < -0.39 is 9.84 Å².